The van der Waals surface area contributed by atoms with Crippen LogP contribution in [0.3, 0.4) is 0 Å². The minimum Gasteiger partial charge on any atom is -0.208 e. The highest BCUT2D eigenvalue weighted by molar-refractivity contribution is 7.26. The molecule has 0 bridgehead atoms. The van der Waals surface area contributed by atoms with E-state index in [0.717, 1.165) is 60.7 Å². The maximum absolute atomic E-state index is 5.50. The first kappa shape index (κ1) is 47.0. The number of nitrogens with zero attached hydrogens (tertiary/aromatic N) is 6. The van der Waals surface area contributed by atoms with Crippen LogP contribution in [-0.2, 0) is 0 Å². The van der Waals surface area contributed by atoms with E-state index < -0.39 is 0 Å². The van der Waals surface area contributed by atoms with Crippen molar-refractivity contribution in [2.45, 2.75) is 0 Å². The molecule has 3 heterocycles. The molecule has 0 N–H and O–H groups in total. The van der Waals surface area contributed by atoms with Gasteiger partial charge in [-0.2, -0.15) is 0 Å². The molecule has 83 heavy (non-hydrogen) atoms. The van der Waals surface area contributed by atoms with E-state index in [2.05, 4.69) is 188 Å². The van der Waals surface area contributed by atoms with Crippen molar-refractivity contribution in [1.29, 1.82) is 0 Å². The van der Waals surface area contributed by atoms with E-state index in [-0.39, 0.29) is 0 Å². The van der Waals surface area contributed by atoms with Crippen molar-refractivity contribution in [2.75, 3.05) is 0 Å². The third kappa shape index (κ3) is 7.70. The Hall–Kier alpha value is -10.9. The molecular weight excluding hydrogens is 1030 g/mol. The molecule has 0 aliphatic rings. The molecule has 0 spiro atoms. The monoisotopic (exact) mass is 1070 g/mol. The number of hydrogen-bond donors (Lipinski definition) is 0. The quantitative estimate of drug-likeness (QED) is 0.148. The van der Waals surface area contributed by atoms with E-state index >= 15 is 0 Å². The van der Waals surface area contributed by atoms with Gasteiger partial charge >= 0.3 is 0 Å². The van der Waals surface area contributed by atoms with Crippen molar-refractivity contribution in [2.24, 2.45) is 0 Å². The zero-order valence-electron chi connectivity index (χ0n) is 44.5. The standard InChI is InChI=1S/C76H44N6S/c1-4-19-45(20-5-1)71-77-72(46-21-6-2-7-22-46)79-74(78-71)50-37-39-58-57-38-35-48(41-63(57)53-27-11-12-28-54(53)64(58)42-50)49-36-40-61-68(43-49)83-67-34-18-33-62(70(61)67)75-80-73(47-23-8-3-9-24-47)81-76(82-75)66-44-65-55-29-13-10-25-51(55)52-26-14-16-31-59(52)69(65)60-32-17-15-30-56(60)66/h1-44H. The topological polar surface area (TPSA) is 77.3 Å². The van der Waals surface area contributed by atoms with Gasteiger partial charge in [-0.25, -0.2) is 29.9 Å². The summed E-state index contributed by atoms with van der Waals surface area (Å²) in [5.41, 5.74) is 8.01. The van der Waals surface area contributed by atoms with Gasteiger partial charge in [-0.15, -0.1) is 11.3 Å². The third-order valence-electron chi connectivity index (χ3n) is 16.5. The zero-order valence-corrected chi connectivity index (χ0v) is 45.3. The second kappa shape index (κ2) is 18.9. The highest BCUT2D eigenvalue weighted by Gasteiger charge is 2.22. The Kier molecular flexibility index (Phi) is 10.7. The lowest BCUT2D eigenvalue weighted by Gasteiger charge is -2.16. The molecule has 3 aromatic heterocycles. The Morgan fingerprint density at radius 1 is 0.181 bits per heavy atom. The van der Waals surface area contributed by atoms with Crippen molar-refractivity contribution in [1.82, 2.24) is 29.9 Å². The van der Waals surface area contributed by atoms with Gasteiger partial charge in [0.25, 0.3) is 0 Å². The number of hydrogen-bond acceptors (Lipinski definition) is 7. The second-order valence-electron chi connectivity index (χ2n) is 21.3. The summed E-state index contributed by atoms with van der Waals surface area (Å²) in [6.45, 7) is 0. The fourth-order valence-electron chi connectivity index (χ4n) is 12.7. The van der Waals surface area contributed by atoms with Crippen molar-refractivity contribution in [3.63, 3.8) is 0 Å². The molecule has 384 valence electrons. The molecule has 0 radical (unpaired) electrons. The minimum absolute atomic E-state index is 0.631. The van der Waals surface area contributed by atoms with Crippen molar-refractivity contribution in [3.8, 4) is 79.5 Å². The van der Waals surface area contributed by atoms with Crippen LogP contribution < -0.4 is 0 Å². The number of aromatic nitrogens is 6. The van der Waals surface area contributed by atoms with Crippen molar-refractivity contribution < 1.29 is 0 Å². The third-order valence-corrected chi connectivity index (χ3v) is 17.6. The molecule has 0 atom stereocenters. The molecule has 14 aromatic carbocycles. The lowest BCUT2D eigenvalue weighted by atomic mass is 9.89. The Morgan fingerprint density at radius 2 is 0.554 bits per heavy atom. The van der Waals surface area contributed by atoms with Gasteiger partial charge < -0.3 is 0 Å². The SMILES string of the molecule is c1ccc(-c2nc(-c3ccccc3)nc(-c3ccc4c5ccc(-c6ccc7c(c6)sc6cccc(-c8nc(-c9ccccc9)nc(-c9cc%10c%11ccccc%11c%11ccccc%11c%10c%10ccccc9%10)n8)c67)cc5c5ccccc5c4c3)n2)cc1. The van der Waals surface area contributed by atoms with Crippen LogP contribution in [0, 0.1) is 0 Å². The largest absolute Gasteiger partial charge is 0.208 e. The molecule has 17 aromatic rings. The maximum Gasteiger partial charge on any atom is 0.164 e. The summed E-state index contributed by atoms with van der Waals surface area (Å²) >= 11 is 1.81. The fourth-order valence-corrected chi connectivity index (χ4v) is 13.9. The number of rotatable bonds is 7. The first-order valence-corrected chi connectivity index (χ1v) is 28.7. The molecule has 0 saturated carbocycles. The predicted molar refractivity (Wildman–Crippen MR) is 347 cm³/mol. The van der Waals surface area contributed by atoms with E-state index in [4.69, 9.17) is 29.9 Å². The van der Waals surface area contributed by atoms with Gasteiger partial charge in [0.15, 0.2) is 34.9 Å². The normalized spacial score (nSPS) is 11.9. The van der Waals surface area contributed by atoms with Gasteiger partial charge in [0.1, 0.15) is 0 Å². The second-order valence-corrected chi connectivity index (χ2v) is 22.3. The highest BCUT2D eigenvalue weighted by atomic mass is 32.1. The van der Waals surface area contributed by atoms with Crippen LogP contribution in [0.2, 0.25) is 0 Å². The van der Waals surface area contributed by atoms with Crippen molar-refractivity contribution in [3.05, 3.63) is 267 Å². The van der Waals surface area contributed by atoms with Crippen LogP contribution >= 0.6 is 11.3 Å². The van der Waals surface area contributed by atoms with Crippen LogP contribution in [-0.4, -0.2) is 29.9 Å². The zero-order chi connectivity index (χ0) is 54.5. The smallest absolute Gasteiger partial charge is 0.164 e. The summed E-state index contributed by atoms with van der Waals surface area (Å²) in [7, 11) is 0. The van der Waals surface area contributed by atoms with Gasteiger partial charge in [-0.1, -0.05) is 237 Å². The first-order chi connectivity index (χ1) is 41.1. The van der Waals surface area contributed by atoms with Crippen LogP contribution in [0.25, 0.3) is 175 Å². The highest BCUT2D eigenvalue weighted by Crippen LogP contribution is 2.46. The van der Waals surface area contributed by atoms with Crippen LogP contribution in [0.15, 0.2) is 267 Å². The fraction of sp³-hybridized carbons (Fsp3) is 0. The molecular formula is C76H44N6S. The molecule has 0 aliphatic carbocycles. The molecule has 0 unspecified atom stereocenters. The number of benzene rings is 14. The van der Waals surface area contributed by atoms with E-state index in [1.807, 2.05) is 78.9 Å². The number of thiophene rings is 1. The summed E-state index contributed by atoms with van der Waals surface area (Å²) in [6.07, 6.45) is 0. The lowest BCUT2D eigenvalue weighted by molar-refractivity contribution is 1.07. The summed E-state index contributed by atoms with van der Waals surface area (Å²) in [5, 5.41) is 19.0. The van der Waals surface area contributed by atoms with Crippen molar-refractivity contribution >= 4 is 107 Å². The molecule has 0 amide bonds. The molecule has 0 aliphatic heterocycles. The van der Waals surface area contributed by atoms with Gasteiger partial charge in [-0.3, -0.25) is 0 Å². The summed E-state index contributed by atoms with van der Waals surface area (Å²) in [5.74, 6) is 3.82. The van der Waals surface area contributed by atoms with Crippen LogP contribution in [0.1, 0.15) is 0 Å². The molecule has 7 heteroatoms. The molecule has 6 nitrogen and oxygen atoms in total. The number of fused-ring (bicyclic) bond motifs is 17. The molecule has 0 fully saturated rings. The van der Waals surface area contributed by atoms with Gasteiger partial charge in [0.2, 0.25) is 0 Å². The Labute approximate surface area is 480 Å². The van der Waals surface area contributed by atoms with Gasteiger partial charge in [-0.05, 0) is 117 Å². The van der Waals surface area contributed by atoms with E-state index in [9.17, 15) is 0 Å². The molecule has 17 rings (SSSR count). The summed E-state index contributed by atoms with van der Waals surface area (Å²) in [4.78, 5) is 31.3. The van der Waals surface area contributed by atoms with Crippen LogP contribution in [0.4, 0.5) is 0 Å². The lowest BCUT2D eigenvalue weighted by Crippen LogP contribution is -2.01. The Bertz CT molecular complexity index is 5430. The Morgan fingerprint density at radius 3 is 1.12 bits per heavy atom. The molecule has 0 saturated heterocycles. The predicted octanol–water partition coefficient (Wildman–Crippen LogP) is 20.2. The van der Waals surface area contributed by atoms with E-state index in [1.54, 1.807) is 11.3 Å². The Balaban J connectivity index is 0.794. The first-order valence-electron chi connectivity index (χ1n) is 27.9. The van der Waals surface area contributed by atoms with Crippen LogP contribution in [0.5, 0.6) is 0 Å². The summed E-state index contributed by atoms with van der Waals surface area (Å²) < 4.78 is 2.37. The maximum atomic E-state index is 5.50. The van der Waals surface area contributed by atoms with E-state index in [0.29, 0.717) is 34.9 Å². The average molecular weight is 1070 g/mol. The van der Waals surface area contributed by atoms with E-state index in [1.165, 1.54) is 79.4 Å². The average Bonchev–Trinajstić information content (AvgIpc) is 2.13. The van der Waals surface area contributed by atoms with Gasteiger partial charge in [0.05, 0.1) is 0 Å². The minimum atomic E-state index is 0.631. The summed E-state index contributed by atoms with van der Waals surface area (Å²) in [6, 6.07) is 94.9. The van der Waals surface area contributed by atoms with Gasteiger partial charge in [0, 0.05) is 53.6 Å².